The molecule has 0 saturated heterocycles. The summed E-state index contributed by atoms with van der Waals surface area (Å²) in [5.41, 5.74) is 3.65. The topological polar surface area (TPSA) is 96.2 Å². The van der Waals surface area contributed by atoms with Crippen LogP contribution in [-0.2, 0) is 6.42 Å². The van der Waals surface area contributed by atoms with E-state index in [0.717, 1.165) is 51.9 Å². The Morgan fingerprint density at radius 1 is 1.40 bits per heavy atom. The van der Waals surface area contributed by atoms with Gasteiger partial charge >= 0.3 is 0 Å². The summed E-state index contributed by atoms with van der Waals surface area (Å²) in [7, 11) is 0. The van der Waals surface area contributed by atoms with Crippen LogP contribution in [0.4, 0.5) is 0 Å². The molecule has 7 nitrogen and oxygen atoms in total. The van der Waals surface area contributed by atoms with Gasteiger partial charge in [0.2, 0.25) is 0 Å². The number of fused-ring (bicyclic) bond motifs is 1. The molecule has 5 rings (SSSR count). The number of rotatable bonds is 5. The van der Waals surface area contributed by atoms with E-state index in [0.29, 0.717) is 12.3 Å². The Bertz CT molecular complexity index is 1020. The molecule has 2 atom stereocenters. The molecular formula is C17H19N5O2S. The van der Waals surface area contributed by atoms with Gasteiger partial charge in [-0.2, -0.15) is 15.4 Å². The maximum atomic E-state index is 12.7. The van der Waals surface area contributed by atoms with Gasteiger partial charge in [0.1, 0.15) is 0 Å². The predicted molar refractivity (Wildman–Crippen MR) is 93.2 cm³/mol. The minimum atomic E-state index is -0.0422. The van der Waals surface area contributed by atoms with Crippen molar-refractivity contribution in [1.82, 2.24) is 24.8 Å². The Kier molecular flexibility index (Phi) is 3.33. The Labute approximate surface area is 147 Å². The Hall–Kier alpha value is -2.06. The number of nitrogens with zero attached hydrogens (tertiary/aromatic N) is 4. The average molecular weight is 357 g/mol. The Morgan fingerprint density at radius 2 is 2.24 bits per heavy atom. The maximum Gasteiger partial charge on any atom is 0.258 e. The summed E-state index contributed by atoms with van der Waals surface area (Å²) in [4.78, 5) is 19.3. The van der Waals surface area contributed by atoms with Crippen LogP contribution in [0.3, 0.4) is 0 Å². The van der Waals surface area contributed by atoms with E-state index in [1.54, 1.807) is 21.8 Å². The number of hydrogen-bond donors (Lipinski definition) is 2. The van der Waals surface area contributed by atoms with Gasteiger partial charge in [-0.25, -0.2) is 4.98 Å². The van der Waals surface area contributed by atoms with Crippen molar-refractivity contribution in [1.29, 1.82) is 0 Å². The Morgan fingerprint density at radius 3 is 2.96 bits per heavy atom. The van der Waals surface area contributed by atoms with Gasteiger partial charge in [0.05, 0.1) is 17.1 Å². The van der Waals surface area contributed by atoms with Gasteiger partial charge in [-0.1, -0.05) is 0 Å². The number of hydrogen-bond acceptors (Lipinski definition) is 6. The van der Waals surface area contributed by atoms with Crippen molar-refractivity contribution in [3.63, 3.8) is 0 Å². The predicted octanol–water partition coefficient (Wildman–Crippen LogP) is 1.75. The minimum Gasteiger partial charge on any atom is -0.396 e. The molecule has 130 valence electrons. The fourth-order valence-electron chi connectivity index (χ4n) is 3.69. The van der Waals surface area contributed by atoms with Crippen LogP contribution in [0.5, 0.6) is 0 Å². The molecule has 3 aromatic heterocycles. The number of aliphatic hydroxyl groups excluding tert-OH is 1. The van der Waals surface area contributed by atoms with Crippen LogP contribution in [0.15, 0.2) is 10.9 Å². The number of nitrogens with one attached hydrogen (secondary N) is 1. The van der Waals surface area contributed by atoms with Crippen LogP contribution < -0.4 is 5.56 Å². The lowest BCUT2D eigenvalue weighted by molar-refractivity contribution is 0.273. The lowest BCUT2D eigenvalue weighted by Gasteiger charge is -2.03. The van der Waals surface area contributed by atoms with Crippen molar-refractivity contribution in [2.45, 2.75) is 44.4 Å². The van der Waals surface area contributed by atoms with E-state index in [1.165, 1.54) is 0 Å². The first kappa shape index (κ1) is 15.2. The van der Waals surface area contributed by atoms with E-state index in [2.05, 4.69) is 15.4 Å². The van der Waals surface area contributed by atoms with Crippen LogP contribution >= 0.6 is 11.3 Å². The van der Waals surface area contributed by atoms with Crippen LogP contribution in [-0.4, -0.2) is 36.5 Å². The maximum absolute atomic E-state index is 12.7. The van der Waals surface area contributed by atoms with E-state index in [4.69, 9.17) is 4.98 Å². The van der Waals surface area contributed by atoms with E-state index >= 15 is 0 Å². The molecular weight excluding hydrogens is 338 g/mol. The molecule has 0 aromatic carbocycles. The van der Waals surface area contributed by atoms with Crippen molar-refractivity contribution in [2.75, 3.05) is 6.61 Å². The summed E-state index contributed by atoms with van der Waals surface area (Å²) in [6.45, 7) is 2.21. The third kappa shape index (κ3) is 2.51. The fourth-order valence-corrected chi connectivity index (χ4v) is 4.76. The van der Waals surface area contributed by atoms with E-state index in [9.17, 15) is 9.90 Å². The smallest absolute Gasteiger partial charge is 0.258 e. The zero-order valence-corrected chi connectivity index (χ0v) is 14.7. The highest BCUT2D eigenvalue weighted by atomic mass is 32.1. The zero-order chi connectivity index (χ0) is 17.1. The zero-order valence-electron chi connectivity index (χ0n) is 13.9. The largest absolute Gasteiger partial charge is 0.396 e. The lowest BCUT2D eigenvalue weighted by Crippen LogP contribution is -2.17. The van der Waals surface area contributed by atoms with Crippen molar-refractivity contribution >= 4 is 16.3 Å². The van der Waals surface area contributed by atoms with Crippen molar-refractivity contribution in [3.8, 4) is 0 Å². The molecule has 0 amide bonds. The van der Waals surface area contributed by atoms with Gasteiger partial charge in [0.25, 0.3) is 5.56 Å². The number of aryl methyl sites for hydroxylation is 1. The summed E-state index contributed by atoms with van der Waals surface area (Å²) in [6, 6.07) is 1.62. The molecule has 25 heavy (non-hydrogen) atoms. The van der Waals surface area contributed by atoms with Gasteiger partial charge < -0.3 is 5.11 Å². The molecule has 0 bridgehead atoms. The van der Waals surface area contributed by atoms with Crippen molar-refractivity contribution in [2.24, 2.45) is 5.92 Å². The van der Waals surface area contributed by atoms with Gasteiger partial charge in [0, 0.05) is 41.5 Å². The number of aromatic nitrogens is 5. The molecule has 2 saturated carbocycles. The lowest BCUT2D eigenvalue weighted by atomic mass is 10.1. The second-order valence-corrected chi connectivity index (χ2v) is 8.32. The third-order valence-corrected chi connectivity index (χ3v) is 6.23. The fraction of sp³-hybridized carbons (Fsp3) is 0.529. The normalized spacial score (nSPS) is 22.6. The Balaban J connectivity index is 1.53. The van der Waals surface area contributed by atoms with Gasteiger partial charge in [-0.15, -0.1) is 11.3 Å². The van der Waals surface area contributed by atoms with Gasteiger partial charge in [0.15, 0.2) is 4.96 Å². The van der Waals surface area contributed by atoms with Gasteiger partial charge in [-0.3, -0.25) is 9.20 Å². The standard InChI is InChI=1S/C17H19N5O2S/c1-8-16(12-4-10(12)7-23)22-14(24)6-11(18-17(22)25-8)5-13-15(9-2-3-9)20-21-19-13/h6,9-10,12,23H,2-5,7H2,1H3,(H,19,20,21). The molecule has 0 aliphatic heterocycles. The first-order valence-electron chi connectivity index (χ1n) is 8.68. The summed E-state index contributed by atoms with van der Waals surface area (Å²) in [6.07, 6.45) is 3.80. The average Bonchev–Trinajstić information content (AvgIpc) is 3.49. The number of aliphatic hydroxyl groups is 1. The SMILES string of the molecule is Cc1sc2nc(Cc3n[nH]nc3C3CC3)cc(=O)n2c1C1CC1CO. The van der Waals surface area contributed by atoms with E-state index in [-0.39, 0.29) is 24.0 Å². The molecule has 2 unspecified atom stereocenters. The second-order valence-electron chi connectivity index (χ2n) is 7.14. The van der Waals surface area contributed by atoms with Crippen molar-refractivity contribution in [3.05, 3.63) is 44.1 Å². The highest BCUT2D eigenvalue weighted by molar-refractivity contribution is 7.17. The van der Waals surface area contributed by atoms with Crippen LogP contribution in [0, 0.1) is 12.8 Å². The van der Waals surface area contributed by atoms with E-state index < -0.39 is 0 Å². The molecule has 2 N–H and O–H groups in total. The molecule has 2 fully saturated rings. The first-order valence-corrected chi connectivity index (χ1v) is 9.49. The molecule has 3 aromatic rings. The summed E-state index contributed by atoms with van der Waals surface area (Å²) >= 11 is 1.55. The molecule has 3 heterocycles. The van der Waals surface area contributed by atoms with Crippen molar-refractivity contribution < 1.29 is 5.11 Å². The first-order chi connectivity index (χ1) is 12.2. The second kappa shape index (κ2) is 5.47. The summed E-state index contributed by atoms with van der Waals surface area (Å²) < 4.78 is 1.73. The highest BCUT2D eigenvalue weighted by Crippen LogP contribution is 2.49. The highest BCUT2D eigenvalue weighted by Gasteiger charge is 2.41. The molecule has 0 spiro atoms. The number of aromatic amines is 1. The van der Waals surface area contributed by atoms with Crippen LogP contribution in [0.25, 0.3) is 4.96 Å². The summed E-state index contributed by atoms with van der Waals surface area (Å²) in [5.74, 6) is 1.07. The van der Waals surface area contributed by atoms with E-state index in [1.807, 2.05) is 6.92 Å². The van der Waals surface area contributed by atoms with Gasteiger partial charge in [-0.05, 0) is 32.1 Å². The third-order valence-electron chi connectivity index (χ3n) is 5.26. The molecule has 2 aliphatic carbocycles. The molecule has 8 heteroatoms. The van der Waals surface area contributed by atoms with Crippen LogP contribution in [0.2, 0.25) is 0 Å². The molecule has 0 radical (unpaired) electrons. The molecule has 2 aliphatic rings. The number of H-pyrrole nitrogens is 1. The minimum absolute atomic E-state index is 0.0422. The quantitative estimate of drug-likeness (QED) is 0.725. The monoisotopic (exact) mass is 357 g/mol. The summed E-state index contributed by atoms with van der Waals surface area (Å²) in [5, 5.41) is 20.6. The van der Waals surface area contributed by atoms with Crippen LogP contribution in [0.1, 0.15) is 58.8 Å². The number of thiazole rings is 1.